The number of nitrogens with zero attached hydrogens (tertiary/aromatic N) is 3. The number of carbonyl (C=O) groups excluding carboxylic acids is 2. The third-order valence-electron chi connectivity index (χ3n) is 5.92. The van der Waals surface area contributed by atoms with Crippen LogP contribution in [0.4, 0.5) is 5.88 Å². The Balaban J connectivity index is 1.41. The Bertz CT molecular complexity index is 816. The minimum Gasteiger partial charge on any atom is -0.400 e. The maximum absolute atomic E-state index is 12.7. The number of amides is 2. The highest BCUT2D eigenvalue weighted by Crippen LogP contribution is 2.73. The Morgan fingerprint density at radius 2 is 1.83 bits per heavy atom. The molecule has 1 spiro atoms. The highest BCUT2D eigenvalue weighted by Gasteiger charge is 2.73. The highest BCUT2D eigenvalue weighted by atomic mass is 16.6. The van der Waals surface area contributed by atoms with Gasteiger partial charge in [-0.3, -0.25) is 19.7 Å². The Morgan fingerprint density at radius 3 is 2.33 bits per heavy atom. The molecule has 2 amide bonds. The largest absolute Gasteiger partial charge is 0.433 e. The summed E-state index contributed by atoms with van der Waals surface area (Å²) in [6.45, 7) is 0. The monoisotopic (exact) mass is 327 g/mol. The number of rotatable bonds is 3. The average molecular weight is 327 g/mol. The zero-order valence-electron chi connectivity index (χ0n) is 12.5. The number of furan rings is 1. The van der Waals surface area contributed by atoms with E-state index in [-0.39, 0.29) is 46.7 Å². The van der Waals surface area contributed by atoms with Gasteiger partial charge in [-0.25, -0.2) is 0 Å². The van der Waals surface area contributed by atoms with Crippen molar-refractivity contribution in [2.24, 2.45) is 34.2 Å². The number of fused-ring (bicyclic) bond motifs is 3. The summed E-state index contributed by atoms with van der Waals surface area (Å²) >= 11 is 0. The van der Waals surface area contributed by atoms with E-state index in [1.165, 1.54) is 18.3 Å². The third kappa shape index (κ3) is 1.50. The summed E-state index contributed by atoms with van der Waals surface area (Å²) in [7, 11) is 0. The van der Waals surface area contributed by atoms with Gasteiger partial charge >= 0.3 is 5.88 Å². The second-order valence-corrected chi connectivity index (χ2v) is 6.89. The maximum Gasteiger partial charge on any atom is 0.433 e. The molecule has 0 unspecified atom stereocenters. The molecule has 4 atom stereocenters. The molecule has 2 heterocycles. The molecule has 1 aromatic heterocycles. The molecule has 122 valence electrons. The molecule has 4 aliphatic rings. The van der Waals surface area contributed by atoms with Gasteiger partial charge in [0.1, 0.15) is 4.92 Å². The first-order valence-corrected chi connectivity index (χ1v) is 7.87. The van der Waals surface area contributed by atoms with Crippen molar-refractivity contribution in [1.29, 1.82) is 0 Å². The summed E-state index contributed by atoms with van der Waals surface area (Å²) in [5.41, 5.74) is 0.151. The van der Waals surface area contributed by atoms with Crippen LogP contribution in [-0.4, -0.2) is 28.0 Å². The molecular formula is C16H13N3O5. The number of imide groups is 1. The molecule has 24 heavy (non-hydrogen) atoms. The Morgan fingerprint density at radius 1 is 1.21 bits per heavy atom. The topological polar surface area (TPSA) is 106 Å². The molecule has 1 saturated heterocycles. The van der Waals surface area contributed by atoms with E-state index >= 15 is 0 Å². The summed E-state index contributed by atoms with van der Waals surface area (Å²) in [5, 5.41) is 15.4. The number of allylic oxidation sites excluding steroid dienone is 2. The number of hydrogen-bond donors (Lipinski definition) is 0. The van der Waals surface area contributed by atoms with Gasteiger partial charge in [-0.1, -0.05) is 12.2 Å². The molecule has 0 aromatic carbocycles. The first-order valence-electron chi connectivity index (χ1n) is 7.87. The Kier molecular flexibility index (Phi) is 2.39. The van der Waals surface area contributed by atoms with E-state index in [4.69, 9.17) is 4.42 Å². The fourth-order valence-corrected chi connectivity index (χ4v) is 4.80. The summed E-state index contributed by atoms with van der Waals surface area (Å²) in [6.07, 6.45) is 7.52. The number of carbonyl (C=O) groups is 2. The van der Waals surface area contributed by atoms with E-state index in [1.54, 1.807) is 0 Å². The molecule has 5 rings (SSSR count). The second kappa shape index (κ2) is 4.19. The Hall–Kier alpha value is -2.77. The zero-order chi connectivity index (χ0) is 16.6. The standard InChI is InChI=1S/C16H13N3O5/c20-14-12-9-2-3-10(16(9)5-6-16)13(12)15(21)18(14)17-7-8-1-4-11(24-8)19(22)23/h1-4,7,9-10,12-13H,5-6H2/b17-7-/t9-,10-,12+,13+/m1/s1. The van der Waals surface area contributed by atoms with Gasteiger partial charge in [-0.2, -0.15) is 10.1 Å². The maximum atomic E-state index is 12.7. The van der Waals surface area contributed by atoms with Crippen molar-refractivity contribution in [2.75, 3.05) is 0 Å². The van der Waals surface area contributed by atoms with Crippen LogP contribution in [0.2, 0.25) is 0 Å². The lowest BCUT2D eigenvalue weighted by Gasteiger charge is -2.18. The number of nitro groups is 1. The fourth-order valence-electron chi connectivity index (χ4n) is 4.80. The van der Waals surface area contributed by atoms with E-state index in [0.29, 0.717) is 0 Å². The molecule has 3 fully saturated rings. The first kappa shape index (κ1) is 13.6. The van der Waals surface area contributed by atoms with E-state index in [0.717, 1.165) is 17.9 Å². The van der Waals surface area contributed by atoms with Gasteiger partial charge in [0.05, 0.1) is 24.1 Å². The van der Waals surface area contributed by atoms with Gasteiger partial charge in [0.15, 0.2) is 5.76 Å². The zero-order valence-corrected chi connectivity index (χ0v) is 12.5. The van der Waals surface area contributed by atoms with Crippen molar-refractivity contribution >= 4 is 23.9 Å². The van der Waals surface area contributed by atoms with Crippen molar-refractivity contribution in [2.45, 2.75) is 12.8 Å². The SMILES string of the molecule is O=C1[C@@H]2[C@@H](C(=O)N1/N=C\c1ccc([N+](=O)[O-])o1)[C@H]1C=C[C@H]2C12CC2. The lowest BCUT2D eigenvalue weighted by atomic mass is 9.85. The first-order chi connectivity index (χ1) is 11.5. The van der Waals surface area contributed by atoms with Crippen molar-refractivity contribution in [3.63, 3.8) is 0 Å². The van der Waals surface area contributed by atoms with Crippen LogP contribution in [0, 0.1) is 39.2 Å². The molecule has 1 aliphatic heterocycles. The Labute approximate surface area is 135 Å². The smallest absolute Gasteiger partial charge is 0.400 e. The molecule has 2 bridgehead atoms. The van der Waals surface area contributed by atoms with Crippen LogP contribution < -0.4 is 0 Å². The van der Waals surface area contributed by atoms with Gasteiger partial charge in [0.25, 0.3) is 11.8 Å². The van der Waals surface area contributed by atoms with Gasteiger partial charge in [-0.15, -0.1) is 0 Å². The van der Waals surface area contributed by atoms with Crippen LogP contribution in [0.15, 0.2) is 33.8 Å². The van der Waals surface area contributed by atoms with Crippen LogP contribution >= 0.6 is 0 Å². The van der Waals surface area contributed by atoms with Crippen LogP contribution in [0.25, 0.3) is 0 Å². The van der Waals surface area contributed by atoms with Crippen molar-refractivity contribution in [3.05, 3.63) is 40.2 Å². The minimum atomic E-state index is -0.660. The number of hydrazone groups is 1. The molecule has 1 aromatic rings. The third-order valence-corrected chi connectivity index (χ3v) is 5.92. The minimum absolute atomic E-state index is 0.124. The molecule has 0 radical (unpaired) electrons. The lowest BCUT2D eigenvalue weighted by molar-refractivity contribution is -0.402. The normalized spacial score (nSPS) is 34.8. The van der Waals surface area contributed by atoms with Crippen molar-refractivity contribution in [1.82, 2.24) is 5.01 Å². The molecule has 3 aliphatic carbocycles. The van der Waals surface area contributed by atoms with Crippen LogP contribution in [0.1, 0.15) is 18.6 Å². The summed E-state index contributed by atoms with van der Waals surface area (Å²) < 4.78 is 4.96. The molecule has 0 N–H and O–H groups in total. The predicted molar refractivity (Wildman–Crippen MR) is 79.6 cm³/mol. The summed E-state index contributed by atoms with van der Waals surface area (Å²) in [6, 6.07) is 2.57. The van der Waals surface area contributed by atoms with Crippen molar-refractivity contribution in [3.8, 4) is 0 Å². The van der Waals surface area contributed by atoms with E-state index in [2.05, 4.69) is 17.3 Å². The van der Waals surface area contributed by atoms with Gasteiger partial charge in [0, 0.05) is 0 Å². The quantitative estimate of drug-likeness (QED) is 0.276. The highest BCUT2D eigenvalue weighted by molar-refractivity contribution is 6.07. The van der Waals surface area contributed by atoms with Crippen LogP contribution in [0.3, 0.4) is 0 Å². The van der Waals surface area contributed by atoms with Gasteiger partial charge in [0.2, 0.25) is 0 Å². The van der Waals surface area contributed by atoms with Gasteiger partial charge < -0.3 is 4.42 Å². The fraction of sp³-hybridized carbons (Fsp3) is 0.438. The predicted octanol–water partition coefficient (Wildman–Crippen LogP) is 1.72. The van der Waals surface area contributed by atoms with E-state index < -0.39 is 10.8 Å². The van der Waals surface area contributed by atoms with E-state index in [1.807, 2.05) is 0 Å². The molecule has 2 saturated carbocycles. The van der Waals surface area contributed by atoms with Crippen molar-refractivity contribution < 1.29 is 18.9 Å². The van der Waals surface area contributed by atoms with Crippen LogP contribution in [-0.2, 0) is 9.59 Å². The molecular weight excluding hydrogens is 314 g/mol. The molecule has 8 nitrogen and oxygen atoms in total. The lowest BCUT2D eigenvalue weighted by Crippen LogP contribution is -2.30. The number of hydrogen-bond acceptors (Lipinski definition) is 6. The second-order valence-electron chi connectivity index (χ2n) is 6.89. The van der Waals surface area contributed by atoms with E-state index in [9.17, 15) is 19.7 Å². The van der Waals surface area contributed by atoms with Gasteiger partial charge in [-0.05, 0) is 36.2 Å². The van der Waals surface area contributed by atoms with Crippen LogP contribution in [0.5, 0.6) is 0 Å². The summed E-state index contributed by atoms with van der Waals surface area (Å²) in [5.74, 6) is -1.15. The average Bonchev–Trinajstić information content (AvgIpc) is 2.84. The summed E-state index contributed by atoms with van der Waals surface area (Å²) in [4.78, 5) is 35.3. The molecule has 8 heteroatoms.